The molecule has 0 fully saturated rings. The highest BCUT2D eigenvalue weighted by molar-refractivity contribution is 5.77. The van der Waals surface area contributed by atoms with Gasteiger partial charge in [-0.25, -0.2) is 9.97 Å². The maximum Gasteiger partial charge on any atom is 0.159 e. The number of nitrogens with zero attached hydrogens (tertiary/aromatic N) is 2. The van der Waals surface area contributed by atoms with Crippen LogP contribution in [0.3, 0.4) is 0 Å². The predicted octanol–water partition coefficient (Wildman–Crippen LogP) is 1.95. The minimum absolute atomic E-state index is 0.288. The zero-order valence-electron chi connectivity index (χ0n) is 9.64. The van der Waals surface area contributed by atoms with Crippen LogP contribution >= 0.6 is 0 Å². The molecule has 5 N–H and O–H groups in total. The molecule has 1 aromatic heterocycles. The maximum atomic E-state index is 5.81. The molecule has 2 aromatic rings. The lowest BCUT2D eigenvalue weighted by atomic mass is 10.1. The summed E-state index contributed by atoms with van der Waals surface area (Å²) in [6, 6.07) is 8.00. The minimum atomic E-state index is 0.288. The summed E-state index contributed by atoms with van der Waals surface area (Å²) in [4.78, 5) is 7.91. The minimum Gasteiger partial charge on any atom is -0.393 e. The van der Waals surface area contributed by atoms with Crippen molar-refractivity contribution in [3.63, 3.8) is 0 Å². The third-order valence-electron chi connectivity index (χ3n) is 2.57. The van der Waals surface area contributed by atoms with Gasteiger partial charge in [-0.15, -0.1) is 0 Å². The van der Waals surface area contributed by atoms with Crippen LogP contribution in [0.25, 0.3) is 0 Å². The third kappa shape index (κ3) is 2.28. The molecule has 0 unspecified atom stereocenters. The Morgan fingerprint density at radius 1 is 1.18 bits per heavy atom. The van der Waals surface area contributed by atoms with Gasteiger partial charge in [-0.05, 0) is 18.1 Å². The molecule has 5 heteroatoms. The highest BCUT2D eigenvalue weighted by atomic mass is 15.1. The van der Waals surface area contributed by atoms with Gasteiger partial charge in [0, 0.05) is 5.69 Å². The first kappa shape index (κ1) is 11.2. The fourth-order valence-electron chi connectivity index (χ4n) is 1.59. The molecule has 1 heterocycles. The second kappa shape index (κ2) is 4.69. The topological polar surface area (TPSA) is 89.8 Å². The Balaban J connectivity index is 2.35. The van der Waals surface area contributed by atoms with Crippen LogP contribution in [0.2, 0.25) is 0 Å². The summed E-state index contributed by atoms with van der Waals surface area (Å²) >= 11 is 0. The monoisotopic (exact) mass is 229 g/mol. The smallest absolute Gasteiger partial charge is 0.159 e. The number of nitrogens with two attached hydrogens (primary N) is 2. The van der Waals surface area contributed by atoms with Crippen molar-refractivity contribution in [1.29, 1.82) is 0 Å². The number of nitrogens with one attached hydrogen (secondary N) is 1. The Labute approximate surface area is 99.9 Å². The van der Waals surface area contributed by atoms with E-state index in [-0.39, 0.29) is 5.82 Å². The van der Waals surface area contributed by atoms with Crippen molar-refractivity contribution >= 4 is 23.0 Å². The van der Waals surface area contributed by atoms with Gasteiger partial charge in [0.1, 0.15) is 12.0 Å². The van der Waals surface area contributed by atoms with E-state index in [0.29, 0.717) is 11.5 Å². The van der Waals surface area contributed by atoms with Crippen LogP contribution in [0.1, 0.15) is 12.5 Å². The van der Waals surface area contributed by atoms with E-state index in [2.05, 4.69) is 28.3 Å². The highest BCUT2D eigenvalue weighted by Crippen LogP contribution is 2.25. The SMILES string of the molecule is CCc1ccccc1Nc1ncnc(N)c1N. The molecule has 0 amide bonds. The number of rotatable bonds is 3. The Bertz CT molecular complexity index is 524. The molecule has 0 saturated carbocycles. The van der Waals surface area contributed by atoms with Crippen LogP contribution in [0.15, 0.2) is 30.6 Å². The van der Waals surface area contributed by atoms with Crippen molar-refractivity contribution in [2.75, 3.05) is 16.8 Å². The molecule has 0 aliphatic heterocycles. The van der Waals surface area contributed by atoms with Crippen molar-refractivity contribution in [2.24, 2.45) is 0 Å². The van der Waals surface area contributed by atoms with E-state index in [0.717, 1.165) is 12.1 Å². The third-order valence-corrected chi connectivity index (χ3v) is 2.57. The molecule has 17 heavy (non-hydrogen) atoms. The quantitative estimate of drug-likeness (QED) is 0.748. The molecule has 0 atom stereocenters. The molecule has 0 aliphatic rings. The molecule has 88 valence electrons. The van der Waals surface area contributed by atoms with E-state index in [1.165, 1.54) is 11.9 Å². The second-order valence-corrected chi connectivity index (χ2v) is 3.66. The fraction of sp³-hybridized carbons (Fsp3) is 0.167. The maximum absolute atomic E-state index is 5.81. The molecule has 2 rings (SSSR count). The van der Waals surface area contributed by atoms with E-state index < -0.39 is 0 Å². The van der Waals surface area contributed by atoms with Crippen molar-refractivity contribution in [3.8, 4) is 0 Å². The van der Waals surface area contributed by atoms with Crippen LogP contribution in [0.4, 0.5) is 23.0 Å². The standard InChI is InChI=1S/C12H15N5/c1-2-8-5-3-4-6-9(8)17-12-10(13)11(14)15-7-16-12/h3-7H,2,13H2,1H3,(H3,14,15,16,17). The lowest BCUT2D eigenvalue weighted by molar-refractivity contribution is 1.13. The molecule has 0 bridgehead atoms. The Hall–Kier alpha value is -2.30. The fourth-order valence-corrected chi connectivity index (χ4v) is 1.59. The number of nitrogen functional groups attached to an aromatic ring is 2. The van der Waals surface area contributed by atoms with Gasteiger partial charge in [0.2, 0.25) is 0 Å². The summed E-state index contributed by atoms with van der Waals surface area (Å²) in [5.41, 5.74) is 14.0. The molecule has 0 spiro atoms. The lowest BCUT2D eigenvalue weighted by Crippen LogP contribution is -2.05. The molecule has 5 nitrogen and oxygen atoms in total. The number of anilines is 4. The number of para-hydroxylation sites is 1. The van der Waals surface area contributed by atoms with Gasteiger partial charge in [0.05, 0.1) is 0 Å². The predicted molar refractivity (Wildman–Crippen MR) is 70.0 cm³/mol. The molecular weight excluding hydrogens is 214 g/mol. The van der Waals surface area contributed by atoms with Crippen LogP contribution in [-0.2, 0) is 6.42 Å². The van der Waals surface area contributed by atoms with E-state index in [4.69, 9.17) is 11.5 Å². The van der Waals surface area contributed by atoms with Crippen molar-refractivity contribution in [2.45, 2.75) is 13.3 Å². The van der Waals surface area contributed by atoms with Gasteiger partial charge in [-0.1, -0.05) is 25.1 Å². The van der Waals surface area contributed by atoms with Gasteiger partial charge < -0.3 is 16.8 Å². The van der Waals surface area contributed by atoms with Gasteiger partial charge in [0.15, 0.2) is 11.6 Å². The zero-order chi connectivity index (χ0) is 12.3. The number of hydrogen-bond acceptors (Lipinski definition) is 5. The average Bonchev–Trinajstić information content (AvgIpc) is 2.35. The molecular formula is C12H15N5. The summed E-state index contributed by atoms with van der Waals surface area (Å²) in [6.07, 6.45) is 2.33. The highest BCUT2D eigenvalue weighted by Gasteiger charge is 2.07. The van der Waals surface area contributed by atoms with Crippen LogP contribution in [0.5, 0.6) is 0 Å². The van der Waals surface area contributed by atoms with Crippen molar-refractivity contribution < 1.29 is 0 Å². The number of hydrogen-bond donors (Lipinski definition) is 3. The Kier molecular flexibility index (Phi) is 3.09. The first-order valence-corrected chi connectivity index (χ1v) is 5.43. The normalized spacial score (nSPS) is 10.2. The van der Waals surface area contributed by atoms with E-state index >= 15 is 0 Å². The number of aryl methyl sites for hydroxylation is 1. The van der Waals surface area contributed by atoms with E-state index in [1.807, 2.05) is 18.2 Å². The number of aromatic nitrogens is 2. The summed E-state index contributed by atoms with van der Waals surface area (Å²) in [7, 11) is 0. The number of benzene rings is 1. The largest absolute Gasteiger partial charge is 0.393 e. The molecule has 1 aromatic carbocycles. The van der Waals surface area contributed by atoms with Gasteiger partial charge in [-0.3, -0.25) is 0 Å². The van der Waals surface area contributed by atoms with Crippen molar-refractivity contribution in [3.05, 3.63) is 36.2 Å². The Morgan fingerprint density at radius 3 is 2.71 bits per heavy atom. The van der Waals surface area contributed by atoms with Gasteiger partial charge in [-0.2, -0.15) is 0 Å². The first-order valence-electron chi connectivity index (χ1n) is 5.43. The van der Waals surface area contributed by atoms with Crippen LogP contribution in [0, 0.1) is 0 Å². The molecule has 0 aliphatic carbocycles. The summed E-state index contributed by atoms with van der Waals surface area (Å²) < 4.78 is 0. The van der Waals surface area contributed by atoms with Crippen LogP contribution in [-0.4, -0.2) is 9.97 Å². The Morgan fingerprint density at radius 2 is 1.94 bits per heavy atom. The average molecular weight is 229 g/mol. The molecule has 0 saturated heterocycles. The second-order valence-electron chi connectivity index (χ2n) is 3.66. The summed E-state index contributed by atoms with van der Waals surface area (Å²) in [6.45, 7) is 2.10. The van der Waals surface area contributed by atoms with E-state index in [9.17, 15) is 0 Å². The summed E-state index contributed by atoms with van der Waals surface area (Å²) in [5, 5.41) is 3.18. The zero-order valence-corrected chi connectivity index (χ0v) is 9.64. The first-order chi connectivity index (χ1) is 8.22. The van der Waals surface area contributed by atoms with E-state index in [1.54, 1.807) is 0 Å². The van der Waals surface area contributed by atoms with Gasteiger partial charge >= 0.3 is 0 Å². The van der Waals surface area contributed by atoms with Gasteiger partial charge in [0.25, 0.3) is 0 Å². The van der Waals surface area contributed by atoms with Crippen LogP contribution < -0.4 is 16.8 Å². The van der Waals surface area contributed by atoms with Crippen molar-refractivity contribution in [1.82, 2.24) is 9.97 Å². The lowest BCUT2D eigenvalue weighted by Gasteiger charge is -2.12. The summed E-state index contributed by atoms with van der Waals surface area (Å²) in [5.74, 6) is 0.829. The molecule has 0 radical (unpaired) electrons.